The maximum Gasteiger partial charge on any atom is 0.155 e. The lowest BCUT2D eigenvalue weighted by atomic mass is 9.87. The summed E-state index contributed by atoms with van der Waals surface area (Å²) in [6.45, 7) is 7.98. The largest absolute Gasteiger partial charge is 0.465 e. The van der Waals surface area contributed by atoms with E-state index in [0.29, 0.717) is 0 Å². The van der Waals surface area contributed by atoms with Gasteiger partial charge in [0.1, 0.15) is 5.75 Å². The Balaban J connectivity index is 2.69. The van der Waals surface area contributed by atoms with E-state index in [-0.39, 0.29) is 11.2 Å². The van der Waals surface area contributed by atoms with Crippen LogP contribution in [0.25, 0.3) is 0 Å². The van der Waals surface area contributed by atoms with Gasteiger partial charge in [0, 0.05) is 6.08 Å². The van der Waals surface area contributed by atoms with Crippen LogP contribution in [0.3, 0.4) is 0 Å². The summed E-state index contributed by atoms with van der Waals surface area (Å²) >= 11 is 0. The molecule has 1 aromatic carbocycles. The van der Waals surface area contributed by atoms with Gasteiger partial charge >= 0.3 is 0 Å². The van der Waals surface area contributed by atoms with Crippen molar-refractivity contribution in [3.05, 3.63) is 42.2 Å². The summed E-state index contributed by atoms with van der Waals surface area (Å²) in [5.41, 5.74) is 1.41. The fraction of sp³-hybridized carbons (Fsp3) is 0.357. The first-order valence-electron chi connectivity index (χ1n) is 5.34. The number of carbonyl (C=O) groups excluding carboxylic acids is 1. The van der Waals surface area contributed by atoms with E-state index in [4.69, 9.17) is 4.74 Å². The summed E-state index contributed by atoms with van der Waals surface area (Å²) in [5, 5.41) is 0. The monoisotopic (exact) mass is 218 g/mol. The molecule has 0 saturated carbocycles. The predicted molar refractivity (Wildman–Crippen MR) is 65.6 cm³/mol. The molecule has 16 heavy (non-hydrogen) atoms. The van der Waals surface area contributed by atoms with Crippen molar-refractivity contribution < 1.29 is 9.53 Å². The lowest BCUT2D eigenvalue weighted by Gasteiger charge is -2.18. The highest BCUT2D eigenvalue weighted by molar-refractivity contribution is 5.86. The number of hydrogen-bond acceptors (Lipinski definition) is 2. The van der Waals surface area contributed by atoms with E-state index >= 15 is 0 Å². The molecular weight excluding hydrogens is 200 g/mol. The Morgan fingerprint density at radius 1 is 1.19 bits per heavy atom. The second kappa shape index (κ2) is 4.97. The Hall–Kier alpha value is -1.57. The van der Waals surface area contributed by atoms with Crippen molar-refractivity contribution in [2.24, 2.45) is 0 Å². The third-order valence-corrected chi connectivity index (χ3v) is 2.23. The number of ketones is 1. The van der Waals surface area contributed by atoms with E-state index in [1.165, 1.54) is 24.8 Å². The number of ether oxygens (including phenoxy) is 1. The number of benzene rings is 1. The van der Waals surface area contributed by atoms with Gasteiger partial charge in [0.25, 0.3) is 0 Å². The molecule has 2 heteroatoms. The van der Waals surface area contributed by atoms with Crippen LogP contribution in [0.1, 0.15) is 33.3 Å². The fourth-order valence-electron chi connectivity index (χ4n) is 1.24. The lowest BCUT2D eigenvalue weighted by molar-refractivity contribution is -0.112. The van der Waals surface area contributed by atoms with Gasteiger partial charge in [-0.25, -0.2) is 0 Å². The van der Waals surface area contributed by atoms with Crippen LogP contribution in [0.2, 0.25) is 0 Å². The van der Waals surface area contributed by atoms with Crippen LogP contribution >= 0.6 is 0 Å². The molecule has 0 saturated heterocycles. The van der Waals surface area contributed by atoms with Crippen molar-refractivity contribution >= 4 is 5.78 Å². The van der Waals surface area contributed by atoms with Crippen molar-refractivity contribution in [2.75, 3.05) is 0 Å². The summed E-state index contributed by atoms with van der Waals surface area (Å²) in [6, 6.07) is 7.89. The van der Waals surface area contributed by atoms with E-state index in [1.807, 2.05) is 24.3 Å². The summed E-state index contributed by atoms with van der Waals surface area (Å²) in [7, 11) is 0. The topological polar surface area (TPSA) is 26.3 Å². The molecule has 0 unspecified atom stereocenters. The summed E-state index contributed by atoms with van der Waals surface area (Å²) < 4.78 is 5.28. The molecule has 2 nitrogen and oxygen atoms in total. The number of hydrogen-bond donors (Lipinski definition) is 0. The highest BCUT2D eigenvalue weighted by Crippen LogP contribution is 2.24. The van der Waals surface area contributed by atoms with Crippen molar-refractivity contribution in [2.45, 2.75) is 33.1 Å². The molecule has 0 heterocycles. The van der Waals surface area contributed by atoms with Crippen LogP contribution in [0.5, 0.6) is 5.75 Å². The SMILES string of the molecule is CC(=O)C=COc1ccc(C(C)(C)C)cc1. The molecule has 0 bridgehead atoms. The Kier molecular flexibility index (Phi) is 3.88. The normalized spacial score (nSPS) is 11.8. The van der Waals surface area contributed by atoms with Crippen molar-refractivity contribution in [1.29, 1.82) is 0 Å². The molecule has 0 spiro atoms. The average molecular weight is 218 g/mol. The van der Waals surface area contributed by atoms with Crippen molar-refractivity contribution in [3.63, 3.8) is 0 Å². The molecule has 1 aromatic rings. The third-order valence-electron chi connectivity index (χ3n) is 2.23. The van der Waals surface area contributed by atoms with Gasteiger partial charge in [-0.15, -0.1) is 0 Å². The molecule has 0 N–H and O–H groups in total. The van der Waals surface area contributed by atoms with E-state index in [1.54, 1.807) is 0 Å². The van der Waals surface area contributed by atoms with Gasteiger partial charge in [0.05, 0.1) is 6.26 Å². The van der Waals surface area contributed by atoms with Crippen molar-refractivity contribution in [1.82, 2.24) is 0 Å². The molecule has 86 valence electrons. The Morgan fingerprint density at radius 3 is 2.19 bits per heavy atom. The van der Waals surface area contributed by atoms with Crippen LogP contribution in [0.15, 0.2) is 36.6 Å². The Morgan fingerprint density at radius 2 is 1.75 bits per heavy atom. The maximum atomic E-state index is 10.7. The van der Waals surface area contributed by atoms with Crippen molar-refractivity contribution in [3.8, 4) is 5.75 Å². The van der Waals surface area contributed by atoms with Gasteiger partial charge < -0.3 is 4.74 Å². The minimum atomic E-state index is -0.0219. The maximum absolute atomic E-state index is 10.7. The molecule has 0 atom stereocenters. The van der Waals surface area contributed by atoms with Crippen LogP contribution in [0, 0.1) is 0 Å². The predicted octanol–water partition coefficient (Wildman–Crippen LogP) is 3.47. The molecule has 1 rings (SSSR count). The van der Waals surface area contributed by atoms with Gasteiger partial charge in [-0.1, -0.05) is 32.9 Å². The zero-order valence-corrected chi connectivity index (χ0v) is 10.3. The standard InChI is InChI=1S/C14H18O2/c1-11(15)9-10-16-13-7-5-12(6-8-13)14(2,3)4/h5-10H,1-4H3. The molecule has 0 amide bonds. The Bertz CT molecular complexity index is 380. The molecular formula is C14H18O2. The van der Waals surface area contributed by atoms with E-state index in [2.05, 4.69) is 20.8 Å². The zero-order valence-electron chi connectivity index (χ0n) is 10.3. The van der Waals surface area contributed by atoms with Gasteiger partial charge in [-0.3, -0.25) is 4.79 Å². The summed E-state index contributed by atoms with van der Waals surface area (Å²) in [6.07, 6.45) is 2.81. The highest BCUT2D eigenvalue weighted by Gasteiger charge is 2.12. The number of carbonyl (C=O) groups is 1. The van der Waals surface area contributed by atoms with Crippen LogP contribution in [-0.4, -0.2) is 5.78 Å². The minimum Gasteiger partial charge on any atom is -0.465 e. The first-order chi connectivity index (χ1) is 7.39. The molecule has 0 aromatic heterocycles. The molecule has 0 aliphatic carbocycles. The molecule has 0 radical (unpaired) electrons. The fourth-order valence-corrected chi connectivity index (χ4v) is 1.24. The average Bonchev–Trinajstić information content (AvgIpc) is 2.16. The Labute approximate surface area is 96.9 Å². The van der Waals surface area contributed by atoms with E-state index in [0.717, 1.165) is 5.75 Å². The second-order valence-corrected chi connectivity index (χ2v) is 4.81. The third kappa shape index (κ3) is 3.89. The highest BCUT2D eigenvalue weighted by atomic mass is 16.5. The van der Waals surface area contributed by atoms with Crippen LogP contribution in [-0.2, 0) is 10.2 Å². The molecule has 0 aliphatic heterocycles. The van der Waals surface area contributed by atoms with Crippen LogP contribution < -0.4 is 4.74 Å². The van der Waals surface area contributed by atoms with Gasteiger partial charge in [0.2, 0.25) is 0 Å². The summed E-state index contributed by atoms with van der Waals surface area (Å²) in [5.74, 6) is 0.719. The van der Waals surface area contributed by atoms with E-state index in [9.17, 15) is 4.79 Å². The molecule has 0 fully saturated rings. The smallest absolute Gasteiger partial charge is 0.155 e. The zero-order chi connectivity index (χ0) is 12.2. The first kappa shape index (κ1) is 12.5. The van der Waals surface area contributed by atoms with E-state index < -0.39 is 0 Å². The van der Waals surface area contributed by atoms with Crippen LogP contribution in [0.4, 0.5) is 0 Å². The van der Waals surface area contributed by atoms with Gasteiger partial charge in [-0.05, 0) is 30.0 Å². The van der Waals surface area contributed by atoms with Gasteiger partial charge in [0.15, 0.2) is 5.78 Å². The summed E-state index contributed by atoms with van der Waals surface area (Å²) in [4.78, 5) is 10.7. The minimum absolute atomic E-state index is 0.0219. The number of allylic oxidation sites excluding steroid dienone is 1. The quantitative estimate of drug-likeness (QED) is 0.573. The van der Waals surface area contributed by atoms with Gasteiger partial charge in [-0.2, -0.15) is 0 Å². The first-order valence-corrected chi connectivity index (χ1v) is 5.34. The molecule has 0 aliphatic rings. The lowest BCUT2D eigenvalue weighted by Crippen LogP contribution is -2.10. The number of rotatable bonds is 3. The second-order valence-electron chi connectivity index (χ2n) is 4.81.